The standard InChI is InChI=1S/C10H16NO4P/c1-14-16(13,15-2)11-10(8-12)9-6-4-3-5-7-9/h3-7,10,12H,8H2,1-2H3,(H,11,13). The maximum absolute atomic E-state index is 11.8. The Morgan fingerprint density at radius 1 is 1.31 bits per heavy atom. The summed E-state index contributed by atoms with van der Waals surface area (Å²) in [7, 11) is -0.752. The average Bonchev–Trinajstić information content (AvgIpc) is 2.36. The second-order valence-corrected chi connectivity index (χ2v) is 5.12. The van der Waals surface area contributed by atoms with Crippen molar-refractivity contribution in [3.05, 3.63) is 35.9 Å². The molecule has 90 valence electrons. The Bertz CT molecular complexity index is 349. The van der Waals surface area contributed by atoms with Gasteiger partial charge in [-0.1, -0.05) is 30.3 Å². The second kappa shape index (κ2) is 6.13. The van der Waals surface area contributed by atoms with Crippen LogP contribution in [0.15, 0.2) is 30.3 Å². The second-order valence-electron chi connectivity index (χ2n) is 3.14. The number of aliphatic hydroxyl groups is 1. The fraction of sp³-hybridized carbons (Fsp3) is 0.400. The van der Waals surface area contributed by atoms with Crippen molar-refractivity contribution in [1.82, 2.24) is 5.09 Å². The molecule has 0 aliphatic carbocycles. The molecule has 0 bridgehead atoms. The molecule has 0 aliphatic rings. The van der Waals surface area contributed by atoms with Crippen LogP contribution in [-0.4, -0.2) is 25.9 Å². The minimum atomic E-state index is -3.33. The molecule has 1 unspecified atom stereocenters. The first-order chi connectivity index (χ1) is 7.65. The molecule has 0 spiro atoms. The highest BCUT2D eigenvalue weighted by Crippen LogP contribution is 2.44. The van der Waals surface area contributed by atoms with E-state index in [9.17, 15) is 9.67 Å². The van der Waals surface area contributed by atoms with Crippen LogP contribution >= 0.6 is 7.75 Å². The summed E-state index contributed by atoms with van der Waals surface area (Å²) in [6.07, 6.45) is 0. The van der Waals surface area contributed by atoms with Crippen LogP contribution in [0.2, 0.25) is 0 Å². The normalized spacial score (nSPS) is 13.7. The van der Waals surface area contributed by atoms with Crippen LogP contribution in [0.4, 0.5) is 0 Å². The number of nitrogens with one attached hydrogen (secondary N) is 1. The van der Waals surface area contributed by atoms with E-state index >= 15 is 0 Å². The summed E-state index contributed by atoms with van der Waals surface area (Å²) in [5.74, 6) is 0. The summed E-state index contributed by atoms with van der Waals surface area (Å²) < 4.78 is 21.3. The van der Waals surface area contributed by atoms with Gasteiger partial charge in [0.05, 0.1) is 12.6 Å². The van der Waals surface area contributed by atoms with E-state index in [-0.39, 0.29) is 6.61 Å². The van der Waals surface area contributed by atoms with E-state index in [1.807, 2.05) is 30.3 Å². The molecule has 1 aromatic carbocycles. The first kappa shape index (κ1) is 13.4. The molecule has 6 heteroatoms. The molecule has 0 saturated carbocycles. The number of benzene rings is 1. The summed E-state index contributed by atoms with van der Waals surface area (Å²) in [6.45, 7) is -0.194. The Kier molecular flexibility index (Phi) is 5.12. The lowest BCUT2D eigenvalue weighted by Crippen LogP contribution is -2.23. The molecule has 0 radical (unpaired) electrons. The third-order valence-electron chi connectivity index (χ3n) is 2.18. The number of rotatable bonds is 6. The third-order valence-corrected chi connectivity index (χ3v) is 3.77. The number of hydrogen-bond acceptors (Lipinski definition) is 4. The molecule has 0 amide bonds. The van der Waals surface area contributed by atoms with Gasteiger partial charge in [0.15, 0.2) is 0 Å². The Morgan fingerprint density at radius 2 is 1.88 bits per heavy atom. The maximum Gasteiger partial charge on any atom is 0.405 e. The van der Waals surface area contributed by atoms with Crippen molar-refractivity contribution < 1.29 is 18.7 Å². The van der Waals surface area contributed by atoms with Gasteiger partial charge in [0, 0.05) is 14.2 Å². The van der Waals surface area contributed by atoms with Gasteiger partial charge in [-0.2, -0.15) is 0 Å². The van der Waals surface area contributed by atoms with E-state index < -0.39 is 13.8 Å². The topological polar surface area (TPSA) is 67.8 Å². The largest absolute Gasteiger partial charge is 0.405 e. The summed E-state index contributed by atoms with van der Waals surface area (Å²) in [6, 6.07) is 8.71. The fourth-order valence-corrected chi connectivity index (χ4v) is 2.25. The van der Waals surface area contributed by atoms with Gasteiger partial charge >= 0.3 is 7.75 Å². The molecule has 1 atom stereocenters. The smallest absolute Gasteiger partial charge is 0.394 e. The van der Waals surface area contributed by atoms with E-state index in [0.29, 0.717) is 0 Å². The van der Waals surface area contributed by atoms with Crippen LogP contribution in [0.1, 0.15) is 11.6 Å². The average molecular weight is 245 g/mol. The quantitative estimate of drug-likeness (QED) is 0.747. The van der Waals surface area contributed by atoms with Crippen molar-refractivity contribution in [1.29, 1.82) is 0 Å². The molecular formula is C10H16NO4P. The van der Waals surface area contributed by atoms with E-state index in [1.54, 1.807) is 0 Å². The monoisotopic (exact) mass is 245 g/mol. The minimum Gasteiger partial charge on any atom is -0.394 e. The molecule has 1 aromatic rings. The van der Waals surface area contributed by atoms with E-state index in [1.165, 1.54) is 14.2 Å². The van der Waals surface area contributed by atoms with Crippen LogP contribution in [0.25, 0.3) is 0 Å². The van der Waals surface area contributed by atoms with Gasteiger partial charge in [0.2, 0.25) is 0 Å². The molecular weight excluding hydrogens is 229 g/mol. The highest BCUT2D eigenvalue weighted by atomic mass is 31.2. The lowest BCUT2D eigenvalue weighted by atomic mass is 10.1. The molecule has 0 heterocycles. The first-order valence-corrected chi connectivity index (χ1v) is 6.34. The maximum atomic E-state index is 11.8. The first-order valence-electron chi connectivity index (χ1n) is 4.80. The van der Waals surface area contributed by atoms with Crippen molar-refractivity contribution in [2.45, 2.75) is 6.04 Å². The minimum absolute atomic E-state index is 0.194. The van der Waals surface area contributed by atoms with Gasteiger partial charge in [-0.15, -0.1) is 0 Å². The Hall–Kier alpha value is -0.710. The summed E-state index contributed by atoms with van der Waals surface area (Å²) in [4.78, 5) is 0. The van der Waals surface area contributed by atoms with Crippen LogP contribution in [0.5, 0.6) is 0 Å². The molecule has 5 nitrogen and oxygen atoms in total. The van der Waals surface area contributed by atoms with Gasteiger partial charge in [0.1, 0.15) is 0 Å². The Morgan fingerprint density at radius 3 is 2.31 bits per heavy atom. The SMILES string of the molecule is COP(=O)(NC(CO)c1ccccc1)OC. The van der Waals surface area contributed by atoms with Gasteiger partial charge < -0.3 is 14.2 Å². The van der Waals surface area contributed by atoms with Gasteiger partial charge in [-0.25, -0.2) is 9.65 Å². The van der Waals surface area contributed by atoms with Crippen molar-refractivity contribution in [3.63, 3.8) is 0 Å². The number of aliphatic hydroxyl groups excluding tert-OH is 1. The zero-order chi connectivity index (χ0) is 12.0. The molecule has 0 aromatic heterocycles. The van der Waals surface area contributed by atoms with Crippen LogP contribution in [0.3, 0.4) is 0 Å². The van der Waals surface area contributed by atoms with Crippen molar-refractivity contribution in [3.8, 4) is 0 Å². The Balaban J connectivity index is 2.81. The molecule has 2 N–H and O–H groups in total. The van der Waals surface area contributed by atoms with Crippen molar-refractivity contribution in [2.75, 3.05) is 20.8 Å². The molecule has 0 aliphatic heterocycles. The third kappa shape index (κ3) is 3.40. The number of hydrogen-bond donors (Lipinski definition) is 2. The van der Waals surface area contributed by atoms with E-state index in [4.69, 9.17) is 9.05 Å². The molecule has 1 rings (SSSR count). The van der Waals surface area contributed by atoms with Crippen molar-refractivity contribution in [2.24, 2.45) is 0 Å². The highest BCUT2D eigenvalue weighted by molar-refractivity contribution is 7.51. The van der Waals surface area contributed by atoms with Gasteiger partial charge in [-0.05, 0) is 5.56 Å². The predicted octanol–water partition coefficient (Wildman–Crippen LogP) is 1.71. The summed E-state index contributed by atoms with van der Waals surface area (Å²) >= 11 is 0. The van der Waals surface area contributed by atoms with Crippen LogP contribution in [0, 0.1) is 0 Å². The summed E-state index contributed by atoms with van der Waals surface area (Å²) in [5.41, 5.74) is 0.819. The highest BCUT2D eigenvalue weighted by Gasteiger charge is 2.26. The lowest BCUT2D eigenvalue weighted by molar-refractivity contribution is 0.225. The fourth-order valence-electron chi connectivity index (χ4n) is 1.28. The van der Waals surface area contributed by atoms with Crippen LogP contribution in [-0.2, 0) is 13.6 Å². The van der Waals surface area contributed by atoms with E-state index in [2.05, 4.69) is 5.09 Å². The molecule has 16 heavy (non-hydrogen) atoms. The van der Waals surface area contributed by atoms with Crippen molar-refractivity contribution >= 4 is 7.75 Å². The zero-order valence-corrected chi connectivity index (χ0v) is 10.2. The van der Waals surface area contributed by atoms with E-state index in [0.717, 1.165) is 5.56 Å². The zero-order valence-electron chi connectivity index (χ0n) is 9.29. The van der Waals surface area contributed by atoms with Crippen LogP contribution < -0.4 is 5.09 Å². The molecule has 0 fully saturated rings. The van der Waals surface area contributed by atoms with Gasteiger partial charge in [-0.3, -0.25) is 0 Å². The predicted molar refractivity (Wildman–Crippen MR) is 61.0 cm³/mol. The lowest BCUT2D eigenvalue weighted by Gasteiger charge is -2.21. The van der Waals surface area contributed by atoms with Gasteiger partial charge in [0.25, 0.3) is 0 Å². The summed E-state index contributed by atoms with van der Waals surface area (Å²) in [5, 5.41) is 11.9. The Labute approximate surface area is 95.0 Å². The molecule has 0 saturated heterocycles.